The molecule has 2 N–H and O–H groups in total. The number of aromatic nitrogens is 1. The molecular weight excluding hydrogens is 276 g/mol. The molecule has 0 bridgehead atoms. The van der Waals surface area contributed by atoms with Crippen molar-refractivity contribution in [2.24, 2.45) is 5.73 Å². The molecule has 0 amide bonds. The quantitative estimate of drug-likeness (QED) is 0.877. The summed E-state index contributed by atoms with van der Waals surface area (Å²) in [6.07, 6.45) is 2.38. The summed E-state index contributed by atoms with van der Waals surface area (Å²) in [7, 11) is 1.66. The third-order valence-corrected chi connectivity index (χ3v) is 4.64. The van der Waals surface area contributed by atoms with E-state index in [-0.39, 0.29) is 0 Å². The van der Waals surface area contributed by atoms with Gasteiger partial charge in [-0.25, -0.2) is 4.98 Å². The Morgan fingerprint density at radius 1 is 1.47 bits per heavy atom. The third kappa shape index (κ3) is 2.48. The number of nitrogens with zero attached hydrogens (tertiary/aromatic N) is 1. The number of ether oxygens (including phenoxy) is 1. The van der Waals surface area contributed by atoms with Gasteiger partial charge in [0.05, 0.1) is 17.7 Å². The van der Waals surface area contributed by atoms with Crippen molar-refractivity contribution in [3.8, 4) is 16.3 Å². The second kappa shape index (κ2) is 4.90. The fourth-order valence-corrected chi connectivity index (χ4v) is 3.25. The number of nitrogens with two attached hydrogens (primary N) is 1. The molecular formula is C14H14N2OS2. The Labute approximate surface area is 121 Å². The van der Waals surface area contributed by atoms with E-state index < -0.39 is 0 Å². The van der Waals surface area contributed by atoms with Crippen LogP contribution in [0.15, 0.2) is 24.3 Å². The summed E-state index contributed by atoms with van der Waals surface area (Å²) < 4.78 is 5.25. The van der Waals surface area contributed by atoms with Gasteiger partial charge in [0.25, 0.3) is 0 Å². The minimum atomic E-state index is 0.452. The molecule has 1 aliphatic carbocycles. The van der Waals surface area contributed by atoms with Crippen LogP contribution in [0.3, 0.4) is 0 Å². The van der Waals surface area contributed by atoms with Crippen molar-refractivity contribution in [1.29, 1.82) is 0 Å². The van der Waals surface area contributed by atoms with Gasteiger partial charge in [-0.2, -0.15) is 0 Å². The van der Waals surface area contributed by atoms with Crippen LogP contribution in [0.1, 0.15) is 29.3 Å². The van der Waals surface area contributed by atoms with Crippen LogP contribution in [-0.4, -0.2) is 17.1 Å². The van der Waals surface area contributed by atoms with Gasteiger partial charge in [-0.3, -0.25) is 0 Å². The lowest BCUT2D eigenvalue weighted by Gasteiger charge is -2.01. The normalized spacial score (nSPS) is 14.4. The van der Waals surface area contributed by atoms with Crippen LogP contribution in [0.2, 0.25) is 0 Å². The fraction of sp³-hybridized carbons (Fsp3) is 0.286. The van der Waals surface area contributed by atoms with E-state index in [0.29, 0.717) is 10.9 Å². The summed E-state index contributed by atoms with van der Waals surface area (Å²) in [6, 6.07) is 7.90. The molecule has 0 spiro atoms. The average molecular weight is 290 g/mol. The van der Waals surface area contributed by atoms with Crippen LogP contribution in [0.5, 0.6) is 5.75 Å². The van der Waals surface area contributed by atoms with Gasteiger partial charge < -0.3 is 10.5 Å². The first-order valence-electron chi connectivity index (χ1n) is 6.14. The van der Waals surface area contributed by atoms with Gasteiger partial charge in [0.2, 0.25) is 0 Å². The molecule has 0 unspecified atom stereocenters. The van der Waals surface area contributed by atoms with E-state index in [1.807, 2.05) is 24.3 Å². The highest BCUT2D eigenvalue weighted by molar-refractivity contribution is 7.81. The highest BCUT2D eigenvalue weighted by atomic mass is 32.1. The molecule has 98 valence electrons. The van der Waals surface area contributed by atoms with Crippen molar-refractivity contribution in [2.45, 2.75) is 18.8 Å². The zero-order chi connectivity index (χ0) is 13.4. The molecule has 3 rings (SSSR count). The molecule has 5 heteroatoms. The Hall–Kier alpha value is -1.46. The Bertz CT molecular complexity index is 632. The molecule has 0 radical (unpaired) electrons. The fourth-order valence-electron chi connectivity index (χ4n) is 2.02. The van der Waals surface area contributed by atoms with Gasteiger partial charge in [-0.05, 0) is 25.0 Å². The first kappa shape index (κ1) is 12.6. The topological polar surface area (TPSA) is 48.1 Å². The van der Waals surface area contributed by atoms with Gasteiger partial charge >= 0.3 is 0 Å². The standard InChI is InChI=1S/C14H14N2OS2/c1-17-10-4-2-3-9(7-10)14-16-11(8-5-6-8)12(19-14)13(15)18/h2-4,7-8H,5-6H2,1H3,(H2,15,18). The van der Waals surface area contributed by atoms with Crippen LogP contribution < -0.4 is 10.5 Å². The number of methoxy groups -OCH3 is 1. The van der Waals surface area contributed by atoms with E-state index in [4.69, 9.17) is 27.7 Å². The molecule has 0 saturated heterocycles. The van der Waals surface area contributed by atoms with Gasteiger partial charge in [-0.15, -0.1) is 11.3 Å². The van der Waals surface area contributed by atoms with E-state index >= 15 is 0 Å². The summed E-state index contributed by atoms with van der Waals surface area (Å²) >= 11 is 6.71. The predicted octanol–water partition coefficient (Wildman–Crippen LogP) is 3.33. The lowest BCUT2D eigenvalue weighted by Crippen LogP contribution is -2.09. The third-order valence-electron chi connectivity index (χ3n) is 3.16. The van der Waals surface area contributed by atoms with Gasteiger partial charge in [0, 0.05) is 11.5 Å². The molecule has 1 aromatic carbocycles. The monoisotopic (exact) mass is 290 g/mol. The Morgan fingerprint density at radius 2 is 2.26 bits per heavy atom. The summed E-state index contributed by atoms with van der Waals surface area (Å²) in [5.74, 6) is 1.38. The summed E-state index contributed by atoms with van der Waals surface area (Å²) in [5, 5.41) is 0.962. The van der Waals surface area contributed by atoms with Crippen molar-refractivity contribution in [3.05, 3.63) is 34.8 Å². The van der Waals surface area contributed by atoms with E-state index in [2.05, 4.69) is 0 Å². The zero-order valence-corrected chi connectivity index (χ0v) is 12.2. The molecule has 1 aliphatic rings. The second-order valence-electron chi connectivity index (χ2n) is 4.60. The second-order valence-corrected chi connectivity index (χ2v) is 6.04. The lowest BCUT2D eigenvalue weighted by molar-refractivity contribution is 0.415. The van der Waals surface area contributed by atoms with E-state index in [0.717, 1.165) is 26.9 Å². The Kier molecular flexibility index (Phi) is 3.24. The van der Waals surface area contributed by atoms with Crippen molar-refractivity contribution >= 4 is 28.5 Å². The van der Waals surface area contributed by atoms with Crippen LogP contribution >= 0.6 is 23.6 Å². The number of thiazole rings is 1. The largest absolute Gasteiger partial charge is 0.497 e. The van der Waals surface area contributed by atoms with E-state index in [9.17, 15) is 0 Å². The maximum atomic E-state index is 5.80. The van der Waals surface area contributed by atoms with Crippen LogP contribution in [0.4, 0.5) is 0 Å². The maximum Gasteiger partial charge on any atom is 0.124 e. The van der Waals surface area contributed by atoms with E-state index in [1.165, 1.54) is 12.8 Å². The molecule has 19 heavy (non-hydrogen) atoms. The van der Waals surface area contributed by atoms with Crippen molar-refractivity contribution in [1.82, 2.24) is 4.98 Å². The number of rotatable bonds is 4. The first-order valence-corrected chi connectivity index (χ1v) is 7.36. The minimum Gasteiger partial charge on any atom is -0.497 e. The number of hydrogen-bond acceptors (Lipinski definition) is 4. The predicted molar refractivity (Wildman–Crippen MR) is 82.0 cm³/mol. The summed E-state index contributed by atoms with van der Waals surface area (Å²) in [5.41, 5.74) is 7.93. The SMILES string of the molecule is COc1cccc(-c2nc(C3CC3)c(C(N)=S)s2)c1. The lowest BCUT2D eigenvalue weighted by atomic mass is 10.2. The number of hydrogen-bond donors (Lipinski definition) is 1. The van der Waals surface area contributed by atoms with Gasteiger partial charge in [-0.1, -0.05) is 24.4 Å². The highest BCUT2D eigenvalue weighted by Gasteiger charge is 2.30. The van der Waals surface area contributed by atoms with Crippen LogP contribution in [0, 0.1) is 0 Å². The van der Waals surface area contributed by atoms with Crippen LogP contribution in [0.25, 0.3) is 10.6 Å². The van der Waals surface area contributed by atoms with Crippen molar-refractivity contribution in [2.75, 3.05) is 7.11 Å². The number of benzene rings is 1. The molecule has 0 atom stereocenters. The van der Waals surface area contributed by atoms with Crippen molar-refractivity contribution < 1.29 is 4.74 Å². The molecule has 3 nitrogen and oxygen atoms in total. The minimum absolute atomic E-state index is 0.452. The summed E-state index contributed by atoms with van der Waals surface area (Å²) in [4.78, 5) is 6.15. The Morgan fingerprint density at radius 3 is 2.89 bits per heavy atom. The van der Waals surface area contributed by atoms with Gasteiger partial charge in [0.15, 0.2) is 0 Å². The highest BCUT2D eigenvalue weighted by Crippen LogP contribution is 2.44. The molecule has 1 saturated carbocycles. The summed E-state index contributed by atoms with van der Waals surface area (Å²) in [6.45, 7) is 0. The zero-order valence-electron chi connectivity index (χ0n) is 10.6. The van der Waals surface area contributed by atoms with E-state index in [1.54, 1.807) is 18.4 Å². The smallest absolute Gasteiger partial charge is 0.124 e. The first-order chi connectivity index (χ1) is 9.19. The van der Waals surface area contributed by atoms with Crippen LogP contribution in [-0.2, 0) is 0 Å². The van der Waals surface area contributed by atoms with Crippen molar-refractivity contribution in [3.63, 3.8) is 0 Å². The molecule has 0 aliphatic heterocycles. The average Bonchev–Trinajstić information content (AvgIpc) is 3.17. The maximum absolute atomic E-state index is 5.80. The molecule has 2 aromatic rings. The Balaban J connectivity index is 2.04. The molecule has 1 fully saturated rings. The number of thiocarbonyl (C=S) groups is 1. The molecule has 1 heterocycles. The van der Waals surface area contributed by atoms with Gasteiger partial charge in [0.1, 0.15) is 15.7 Å². The molecule has 1 aromatic heterocycles.